The van der Waals surface area contributed by atoms with E-state index in [0.717, 1.165) is 0 Å². The summed E-state index contributed by atoms with van der Waals surface area (Å²) < 4.78 is 77.3. The Bertz CT molecular complexity index is 49.1. The van der Waals surface area contributed by atoms with Crippen LogP contribution in [0, 0.1) is 0 Å². The summed E-state index contributed by atoms with van der Waals surface area (Å²) in [5.74, 6) is 0. The molecule has 0 fully saturated rings. The summed E-state index contributed by atoms with van der Waals surface area (Å²) in [4.78, 5) is 0. The predicted molar refractivity (Wildman–Crippen MR) is 34.5 cm³/mol. The topological polar surface area (TPSA) is 208 Å². The second-order valence-corrected chi connectivity index (χ2v) is 4.11. The van der Waals surface area contributed by atoms with E-state index >= 15 is 0 Å². The summed E-state index contributed by atoms with van der Waals surface area (Å²) in [6.07, 6.45) is 0. The first kappa shape index (κ1) is 37.2. The molecule has 0 aromatic heterocycles. The van der Waals surface area contributed by atoms with Crippen molar-refractivity contribution in [2.24, 2.45) is 0 Å². The Labute approximate surface area is 201 Å². The molecule has 0 aliphatic heterocycles. The van der Waals surface area contributed by atoms with Crippen molar-refractivity contribution in [3.05, 3.63) is 0 Å². The normalized spacial score (nSPS) is 7.20. The van der Waals surface area contributed by atoms with Gasteiger partial charge in [-0.1, -0.05) is 0 Å². The third-order valence-corrected chi connectivity index (χ3v) is 0. The maximum absolute atomic E-state index is 8.59. The molecule has 78 valence electrons. The summed E-state index contributed by atoms with van der Waals surface area (Å²) in [6, 6.07) is 0. The van der Waals surface area contributed by atoms with E-state index in [0.29, 0.717) is 0 Å². The van der Waals surface area contributed by atoms with E-state index in [2.05, 4.69) is 0 Å². The molecule has 0 amide bonds. The zero-order chi connectivity index (χ0) is 10.7. The van der Waals surface area contributed by atoms with Gasteiger partial charge in [0, 0.05) is 0 Å². The van der Waals surface area contributed by atoms with Crippen LogP contribution in [0.1, 0.15) is 0 Å². The minimum absolute atomic E-state index is 0. The fourth-order valence-corrected chi connectivity index (χ4v) is 0. The molecule has 0 saturated carbocycles. The van der Waals surface area contributed by atoms with Crippen LogP contribution in [0.3, 0.4) is 0 Å². The molecular formula is Ca3O9Te3. The van der Waals surface area contributed by atoms with Gasteiger partial charge in [0.1, 0.15) is 0 Å². The molecule has 0 aromatic rings. The maximum atomic E-state index is 8.59. The van der Waals surface area contributed by atoms with Gasteiger partial charge in [0.05, 0.1) is 0 Å². The van der Waals surface area contributed by atoms with Gasteiger partial charge >= 0.3 is 207 Å². The first-order valence-corrected chi connectivity index (χ1v) is 10.1. The Morgan fingerprint density at radius 3 is 0.333 bits per heavy atom. The van der Waals surface area contributed by atoms with E-state index in [1.54, 1.807) is 0 Å². The van der Waals surface area contributed by atoms with Gasteiger partial charge in [-0.2, -0.15) is 0 Å². The average molecular weight is 647 g/mol. The molecule has 0 N–H and O–H groups in total. The Hall–Kier alpha value is 5.79. The van der Waals surface area contributed by atoms with E-state index in [-0.39, 0.29) is 113 Å². The molecule has 0 rings (SSSR count). The van der Waals surface area contributed by atoms with Gasteiger partial charge < -0.3 is 0 Å². The molecular weight excluding hydrogens is 647 g/mol. The van der Waals surface area contributed by atoms with Crippen molar-refractivity contribution in [3.8, 4) is 0 Å². The zero-order valence-corrected chi connectivity index (χ0v) is 20.6. The molecule has 0 atom stereocenters. The summed E-state index contributed by atoms with van der Waals surface area (Å²) in [7, 11) is 0. The molecule has 0 saturated heterocycles. The second-order valence-electron chi connectivity index (χ2n) is 0.612. The van der Waals surface area contributed by atoms with Crippen LogP contribution in [0.4, 0.5) is 0 Å². The molecule has 0 aromatic carbocycles. The van der Waals surface area contributed by atoms with Crippen molar-refractivity contribution < 1.29 is 31.2 Å². The first-order valence-electron chi connectivity index (χ1n) is 1.50. The van der Waals surface area contributed by atoms with Crippen LogP contribution in [0.15, 0.2) is 0 Å². The van der Waals surface area contributed by atoms with Gasteiger partial charge in [-0.15, -0.1) is 0 Å². The quantitative estimate of drug-likeness (QED) is 0.229. The molecule has 0 aliphatic carbocycles. The van der Waals surface area contributed by atoms with Crippen LogP contribution in [-0.2, 0) is 0 Å². The molecule has 0 aliphatic rings. The van der Waals surface area contributed by atoms with Crippen molar-refractivity contribution in [3.63, 3.8) is 0 Å². The van der Waals surface area contributed by atoms with Crippen LogP contribution >= 0.6 is 0 Å². The molecule has 0 heterocycles. The second kappa shape index (κ2) is 31.9. The van der Waals surface area contributed by atoms with Gasteiger partial charge in [-0.3, -0.25) is 0 Å². The van der Waals surface area contributed by atoms with Crippen molar-refractivity contribution in [1.29, 1.82) is 0 Å². The van der Waals surface area contributed by atoms with E-state index in [4.69, 9.17) is 31.2 Å². The summed E-state index contributed by atoms with van der Waals surface area (Å²) in [6.45, 7) is 0. The van der Waals surface area contributed by atoms with Crippen molar-refractivity contribution in [2.75, 3.05) is 0 Å². The third-order valence-electron chi connectivity index (χ3n) is 0. The van der Waals surface area contributed by atoms with Crippen LogP contribution in [0.25, 0.3) is 0 Å². The van der Waals surface area contributed by atoms with Crippen LogP contribution in [0.2, 0.25) is 0 Å². The zero-order valence-electron chi connectivity index (χ0n) is 7.02. The third kappa shape index (κ3) is 187. The Kier molecular flexibility index (Phi) is 79.3. The summed E-state index contributed by atoms with van der Waals surface area (Å²) in [5, 5.41) is 0. The Morgan fingerprint density at radius 2 is 0.333 bits per heavy atom. The van der Waals surface area contributed by atoms with Crippen molar-refractivity contribution in [1.82, 2.24) is 0 Å². The predicted octanol–water partition coefficient (Wildman–Crippen LogP) is -13.0. The summed E-state index contributed by atoms with van der Waals surface area (Å²) >= 11 is -12.3. The van der Waals surface area contributed by atoms with Gasteiger partial charge in [-0.25, -0.2) is 0 Å². The van der Waals surface area contributed by atoms with Gasteiger partial charge in [0.25, 0.3) is 0 Å². The standard InChI is InChI=1S/3Ca.3H2O3Te/c;;;3*1-4(2)3/h;;;3*(H2,1,2,3)/q3*+2;;;/p-6. The van der Waals surface area contributed by atoms with E-state index in [1.165, 1.54) is 0 Å². The van der Waals surface area contributed by atoms with Gasteiger partial charge in [0.15, 0.2) is 0 Å². The monoisotopic (exact) mass is 654 g/mol. The van der Waals surface area contributed by atoms with Crippen molar-refractivity contribution in [2.45, 2.75) is 0 Å². The van der Waals surface area contributed by atoms with E-state index in [1.807, 2.05) is 0 Å². The van der Waals surface area contributed by atoms with Crippen LogP contribution < -0.4 is 31.2 Å². The fourth-order valence-electron chi connectivity index (χ4n) is 0. The number of hydrogen-bond donors (Lipinski definition) is 0. The Balaban J connectivity index is -0.0000000184. The minimum atomic E-state index is -4.11. The number of rotatable bonds is 0. The van der Waals surface area contributed by atoms with Crippen LogP contribution in [-0.4, -0.2) is 176 Å². The molecule has 0 radical (unpaired) electrons. The molecule has 9 nitrogen and oxygen atoms in total. The van der Waals surface area contributed by atoms with Gasteiger partial charge in [-0.05, 0) is 0 Å². The summed E-state index contributed by atoms with van der Waals surface area (Å²) in [5.41, 5.74) is 0. The van der Waals surface area contributed by atoms with Gasteiger partial charge in [0.2, 0.25) is 0 Å². The molecule has 0 unspecified atom stereocenters. The molecule has 0 spiro atoms. The van der Waals surface area contributed by atoms with Crippen LogP contribution in [0.5, 0.6) is 0 Å². The molecule has 15 heavy (non-hydrogen) atoms. The molecule has 0 bridgehead atoms. The SMILES string of the molecule is [Ca+2].[Ca+2].[Ca+2].[O-][Te+]([O-])[O-].[O-][Te+]([O-])[O-].[O-][Te+]([O-])[O-]. The number of hydrogen-bond acceptors (Lipinski definition) is 9. The fraction of sp³-hybridized carbons (Fsp3) is 0. The molecule has 15 heteroatoms. The van der Waals surface area contributed by atoms with Crippen molar-refractivity contribution >= 4 is 176 Å². The van der Waals surface area contributed by atoms with E-state index < -0.39 is 62.4 Å². The average Bonchev–Trinajstić information content (AvgIpc) is 1.54. The van der Waals surface area contributed by atoms with E-state index in [9.17, 15) is 0 Å². The Morgan fingerprint density at radius 1 is 0.333 bits per heavy atom. The first-order chi connectivity index (χ1) is 5.20.